The van der Waals surface area contributed by atoms with Gasteiger partial charge in [0, 0.05) is 12.4 Å². The van der Waals surface area contributed by atoms with Gasteiger partial charge in [-0.2, -0.15) is 0 Å². The Morgan fingerprint density at radius 3 is 3.00 bits per heavy atom. The maximum absolute atomic E-state index is 8.63. The average Bonchev–Trinajstić information content (AvgIpc) is 2.05. The van der Waals surface area contributed by atoms with Crippen molar-refractivity contribution in [1.82, 2.24) is 4.98 Å². The van der Waals surface area contributed by atoms with Crippen LogP contribution in [0.1, 0.15) is 10.9 Å². The van der Waals surface area contributed by atoms with Crippen molar-refractivity contribution < 1.29 is 5.11 Å². The molecule has 3 heteroatoms. The fourth-order valence-electron chi connectivity index (χ4n) is 0.667. The lowest BCUT2D eigenvalue weighted by Crippen LogP contribution is -1.95. The number of hydrogen-bond donors (Lipinski definition) is 1. The van der Waals surface area contributed by atoms with Crippen LogP contribution in [0.5, 0.6) is 0 Å². The zero-order valence-electron chi connectivity index (χ0n) is 5.37. The zero-order valence-corrected chi connectivity index (χ0v) is 6.12. The van der Waals surface area contributed by atoms with Gasteiger partial charge in [0.15, 0.2) is 0 Å². The van der Waals surface area contributed by atoms with Crippen LogP contribution >= 0.6 is 11.6 Å². The van der Waals surface area contributed by atoms with E-state index in [1.807, 2.05) is 6.07 Å². The van der Waals surface area contributed by atoms with Crippen LogP contribution in [0.25, 0.3) is 0 Å². The lowest BCUT2D eigenvalue weighted by atomic mass is 10.2. The van der Waals surface area contributed by atoms with E-state index >= 15 is 0 Å². The highest BCUT2D eigenvalue weighted by Gasteiger charge is 2.03. The van der Waals surface area contributed by atoms with E-state index in [1.54, 1.807) is 18.5 Å². The Morgan fingerprint density at radius 2 is 2.50 bits per heavy atom. The van der Waals surface area contributed by atoms with E-state index in [0.717, 1.165) is 5.56 Å². The normalized spacial score (nSPS) is 13.0. The molecule has 0 aromatic carbocycles. The molecule has 1 unspecified atom stereocenters. The van der Waals surface area contributed by atoms with Crippen molar-refractivity contribution in [2.75, 3.05) is 6.61 Å². The number of aliphatic hydroxyl groups excluding tert-OH is 1. The fourth-order valence-corrected chi connectivity index (χ4v) is 0.796. The molecule has 0 fully saturated rings. The molecule has 0 amide bonds. The Balaban J connectivity index is 2.75. The van der Waals surface area contributed by atoms with Crippen molar-refractivity contribution in [1.29, 1.82) is 0 Å². The van der Waals surface area contributed by atoms with E-state index in [9.17, 15) is 0 Å². The molecule has 54 valence electrons. The predicted octanol–water partition coefficient (Wildman–Crippen LogP) is 1.35. The largest absolute Gasteiger partial charge is 0.394 e. The van der Waals surface area contributed by atoms with Gasteiger partial charge >= 0.3 is 0 Å². The number of alkyl halides is 1. The second kappa shape index (κ2) is 3.54. The molecule has 0 saturated carbocycles. The molecule has 0 spiro atoms. The number of pyridine rings is 1. The molecule has 2 nitrogen and oxygen atoms in total. The van der Waals surface area contributed by atoms with Gasteiger partial charge in [-0.3, -0.25) is 4.98 Å². The summed E-state index contributed by atoms with van der Waals surface area (Å²) in [7, 11) is 0. The number of aliphatic hydroxyl groups is 1. The Hall–Kier alpha value is -0.600. The minimum atomic E-state index is -0.325. The lowest BCUT2D eigenvalue weighted by Gasteiger charge is -2.02. The molecule has 1 heterocycles. The van der Waals surface area contributed by atoms with Crippen LogP contribution in [0.4, 0.5) is 0 Å². The quantitative estimate of drug-likeness (QED) is 0.658. The van der Waals surface area contributed by atoms with Crippen LogP contribution in [0.3, 0.4) is 0 Å². The van der Waals surface area contributed by atoms with Crippen molar-refractivity contribution in [3.05, 3.63) is 30.1 Å². The van der Waals surface area contributed by atoms with Gasteiger partial charge in [-0.1, -0.05) is 6.07 Å². The first kappa shape index (κ1) is 7.51. The minimum Gasteiger partial charge on any atom is -0.394 e. The lowest BCUT2D eigenvalue weighted by molar-refractivity contribution is 0.294. The summed E-state index contributed by atoms with van der Waals surface area (Å²) in [4.78, 5) is 3.86. The molecule has 1 rings (SSSR count). The molecule has 1 N–H and O–H groups in total. The molecule has 10 heavy (non-hydrogen) atoms. The molecule has 0 aliphatic rings. The van der Waals surface area contributed by atoms with E-state index < -0.39 is 0 Å². The molecule has 0 bridgehead atoms. The van der Waals surface area contributed by atoms with Crippen molar-refractivity contribution in [2.24, 2.45) is 0 Å². The molecule has 1 aromatic rings. The van der Waals surface area contributed by atoms with Crippen molar-refractivity contribution in [3.63, 3.8) is 0 Å². The zero-order chi connectivity index (χ0) is 7.40. The third kappa shape index (κ3) is 1.69. The van der Waals surface area contributed by atoms with E-state index in [1.165, 1.54) is 0 Å². The fraction of sp³-hybridized carbons (Fsp3) is 0.286. The second-order valence-corrected chi connectivity index (χ2v) is 2.46. The van der Waals surface area contributed by atoms with Gasteiger partial charge in [-0.05, 0) is 11.6 Å². The maximum atomic E-state index is 8.63. The highest BCUT2D eigenvalue weighted by molar-refractivity contribution is 6.20. The van der Waals surface area contributed by atoms with Crippen LogP contribution in [0, 0.1) is 0 Å². The van der Waals surface area contributed by atoms with Gasteiger partial charge in [0.05, 0.1) is 12.0 Å². The molecule has 0 aliphatic carbocycles. The summed E-state index contributed by atoms with van der Waals surface area (Å²) in [6, 6.07) is 3.63. The molecule has 0 radical (unpaired) electrons. The van der Waals surface area contributed by atoms with Gasteiger partial charge < -0.3 is 5.11 Å². The summed E-state index contributed by atoms with van der Waals surface area (Å²) in [5.41, 5.74) is 0.853. The smallest absolute Gasteiger partial charge is 0.0831 e. The van der Waals surface area contributed by atoms with Crippen LogP contribution in [0.15, 0.2) is 24.5 Å². The molecular formula is C7H8ClNO. The van der Waals surface area contributed by atoms with E-state index in [0.29, 0.717) is 0 Å². The van der Waals surface area contributed by atoms with Crippen molar-refractivity contribution >= 4 is 11.6 Å². The second-order valence-electron chi connectivity index (χ2n) is 1.94. The van der Waals surface area contributed by atoms with Crippen LogP contribution in [-0.2, 0) is 0 Å². The molecule has 0 saturated heterocycles. The Bertz CT molecular complexity index is 190. The first-order valence-electron chi connectivity index (χ1n) is 2.99. The van der Waals surface area contributed by atoms with Crippen molar-refractivity contribution in [2.45, 2.75) is 5.38 Å². The van der Waals surface area contributed by atoms with Crippen molar-refractivity contribution in [3.8, 4) is 0 Å². The van der Waals surface area contributed by atoms with Gasteiger partial charge in [-0.15, -0.1) is 11.6 Å². The number of aromatic nitrogens is 1. The van der Waals surface area contributed by atoms with E-state index in [-0.39, 0.29) is 12.0 Å². The highest BCUT2D eigenvalue weighted by Crippen LogP contribution is 2.17. The molecule has 0 aliphatic heterocycles. The highest BCUT2D eigenvalue weighted by atomic mass is 35.5. The minimum absolute atomic E-state index is 0.0484. The first-order valence-corrected chi connectivity index (χ1v) is 3.43. The Morgan fingerprint density at radius 1 is 1.70 bits per heavy atom. The van der Waals surface area contributed by atoms with Crippen LogP contribution in [0.2, 0.25) is 0 Å². The SMILES string of the molecule is OCC(Cl)c1cccnc1. The predicted molar refractivity (Wildman–Crippen MR) is 39.9 cm³/mol. The summed E-state index contributed by atoms with van der Waals surface area (Å²) in [5, 5.41) is 8.30. The summed E-state index contributed by atoms with van der Waals surface area (Å²) in [6.07, 6.45) is 3.32. The Labute approximate surface area is 64.5 Å². The Kier molecular flexibility index (Phi) is 2.66. The average molecular weight is 158 g/mol. The van der Waals surface area contributed by atoms with E-state index in [2.05, 4.69) is 4.98 Å². The number of hydrogen-bond acceptors (Lipinski definition) is 2. The summed E-state index contributed by atoms with van der Waals surface area (Å²) < 4.78 is 0. The van der Waals surface area contributed by atoms with Gasteiger partial charge in [0.25, 0.3) is 0 Å². The maximum Gasteiger partial charge on any atom is 0.0831 e. The van der Waals surface area contributed by atoms with E-state index in [4.69, 9.17) is 16.7 Å². The van der Waals surface area contributed by atoms with Gasteiger partial charge in [0.2, 0.25) is 0 Å². The number of halogens is 1. The molecule has 1 aromatic heterocycles. The number of nitrogens with zero attached hydrogens (tertiary/aromatic N) is 1. The summed E-state index contributed by atoms with van der Waals surface area (Å²) in [5.74, 6) is 0. The third-order valence-electron chi connectivity index (χ3n) is 1.21. The number of rotatable bonds is 2. The standard InChI is InChI=1S/C7H8ClNO/c8-7(5-10)6-2-1-3-9-4-6/h1-4,7,10H,5H2. The van der Waals surface area contributed by atoms with Crippen LogP contribution in [-0.4, -0.2) is 16.7 Å². The van der Waals surface area contributed by atoms with Gasteiger partial charge in [-0.25, -0.2) is 0 Å². The first-order chi connectivity index (χ1) is 4.84. The third-order valence-corrected chi connectivity index (χ3v) is 1.60. The van der Waals surface area contributed by atoms with Gasteiger partial charge in [0.1, 0.15) is 0 Å². The topological polar surface area (TPSA) is 33.1 Å². The molecule has 1 atom stereocenters. The summed E-state index contributed by atoms with van der Waals surface area (Å²) in [6.45, 7) is -0.0484. The monoisotopic (exact) mass is 157 g/mol. The van der Waals surface area contributed by atoms with Crippen LogP contribution < -0.4 is 0 Å². The molecular weight excluding hydrogens is 150 g/mol. The summed E-state index contributed by atoms with van der Waals surface area (Å²) >= 11 is 5.70.